The number of piperidine rings is 1. The molecule has 2 saturated heterocycles. The van der Waals surface area contributed by atoms with Crippen LogP contribution in [0.25, 0.3) is 0 Å². The van der Waals surface area contributed by atoms with Gasteiger partial charge in [-0.25, -0.2) is 4.98 Å². The molecule has 0 radical (unpaired) electrons. The molecule has 5 nitrogen and oxygen atoms in total. The molecule has 4 rings (SSSR count). The molecule has 0 unspecified atom stereocenters. The lowest BCUT2D eigenvalue weighted by Crippen LogP contribution is -2.48. The Kier molecular flexibility index (Phi) is 3.55. The zero-order chi connectivity index (χ0) is 14.1. The van der Waals surface area contributed by atoms with Crippen molar-refractivity contribution >= 4 is 5.82 Å². The van der Waals surface area contributed by atoms with Crippen LogP contribution in [0.15, 0.2) is 18.6 Å². The lowest BCUT2D eigenvalue weighted by Gasteiger charge is -2.39. The first-order chi connectivity index (χ1) is 10.3. The Morgan fingerprint density at radius 3 is 3.14 bits per heavy atom. The lowest BCUT2D eigenvalue weighted by molar-refractivity contribution is -0.0521. The van der Waals surface area contributed by atoms with Crippen LogP contribution in [-0.4, -0.2) is 52.8 Å². The van der Waals surface area contributed by atoms with Crippen molar-refractivity contribution in [2.75, 3.05) is 31.6 Å². The van der Waals surface area contributed by atoms with Crippen LogP contribution in [0.5, 0.6) is 0 Å². The molecule has 1 aromatic heterocycles. The van der Waals surface area contributed by atoms with Gasteiger partial charge in [-0.3, -0.25) is 4.98 Å². The number of anilines is 1. The summed E-state index contributed by atoms with van der Waals surface area (Å²) in [6, 6.07) is 0.363. The second-order valence-corrected chi connectivity index (χ2v) is 6.91. The number of aromatic nitrogens is 2. The van der Waals surface area contributed by atoms with E-state index < -0.39 is 0 Å². The smallest absolute Gasteiger partial charge is 0.144 e. The average molecular weight is 288 g/mol. The van der Waals surface area contributed by atoms with Gasteiger partial charge in [0.05, 0.1) is 24.4 Å². The highest BCUT2D eigenvalue weighted by atomic mass is 16.5. The number of nitrogens with zero attached hydrogens (tertiary/aromatic N) is 3. The highest BCUT2D eigenvalue weighted by molar-refractivity contribution is 5.32. The van der Waals surface area contributed by atoms with E-state index in [1.807, 2.05) is 0 Å². The van der Waals surface area contributed by atoms with Crippen molar-refractivity contribution in [2.24, 2.45) is 5.92 Å². The SMILES string of the molecule is c1cnc(N[C@@H]2CO[C@@]3(CCCN(CC4CC4)C3)C2)cn1. The molecule has 21 heavy (non-hydrogen) atoms. The summed E-state index contributed by atoms with van der Waals surface area (Å²) >= 11 is 0. The lowest BCUT2D eigenvalue weighted by atomic mass is 9.88. The van der Waals surface area contributed by atoms with Crippen LogP contribution in [0.2, 0.25) is 0 Å². The first-order valence-corrected chi connectivity index (χ1v) is 8.20. The quantitative estimate of drug-likeness (QED) is 0.917. The monoisotopic (exact) mass is 288 g/mol. The molecule has 0 aromatic carbocycles. The maximum Gasteiger partial charge on any atom is 0.144 e. The Bertz CT molecular complexity index is 478. The fourth-order valence-electron chi connectivity index (χ4n) is 3.82. The van der Waals surface area contributed by atoms with Gasteiger partial charge < -0.3 is 15.0 Å². The van der Waals surface area contributed by atoms with Crippen molar-refractivity contribution in [1.29, 1.82) is 0 Å². The van der Waals surface area contributed by atoms with E-state index in [2.05, 4.69) is 20.2 Å². The van der Waals surface area contributed by atoms with Crippen LogP contribution < -0.4 is 5.32 Å². The zero-order valence-corrected chi connectivity index (χ0v) is 12.5. The minimum atomic E-state index is 0.0764. The van der Waals surface area contributed by atoms with Gasteiger partial charge in [0, 0.05) is 31.9 Å². The maximum absolute atomic E-state index is 6.25. The normalized spacial score (nSPS) is 33.4. The van der Waals surface area contributed by atoms with Gasteiger partial charge in [0.2, 0.25) is 0 Å². The van der Waals surface area contributed by atoms with Gasteiger partial charge in [-0.15, -0.1) is 0 Å². The van der Waals surface area contributed by atoms with Gasteiger partial charge in [0.15, 0.2) is 0 Å². The van der Waals surface area contributed by atoms with Crippen molar-refractivity contribution in [3.8, 4) is 0 Å². The van der Waals surface area contributed by atoms with Gasteiger partial charge >= 0.3 is 0 Å². The molecule has 1 saturated carbocycles. The van der Waals surface area contributed by atoms with Crippen LogP contribution in [0.1, 0.15) is 32.1 Å². The first kappa shape index (κ1) is 13.5. The van der Waals surface area contributed by atoms with E-state index in [1.165, 1.54) is 38.8 Å². The van der Waals surface area contributed by atoms with E-state index in [0.29, 0.717) is 6.04 Å². The summed E-state index contributed by atoms with van der Waals surface area (Å²) in [5, 5.41) is 3.46. The molecule has 1 N–H and O–H groups in total. The molecule has 5 heteroatoms. The van der Waals surface area contributed by atoms with E-state index in [1.54, 1.807) is 18.6 Å². The molecule has 2 atom stereocenters. The molecule has 2 aliphatic heterocycles. The number of rotatable bonds is 4. The summed E-state index contributed by atoms with van der Waals surface area (Å²) < 4.78 is 6.25. The topological polar surface area (TPSA) is 50.3 Å². The summed E-state index contributed by atoms with van der Waals surface area (Å²) in [5.74, 6) is 1.82. The Morgan fingerprint density at radius 1 is 1.38 bits per heavy atom. The van der Waals surface area contributed by atoms with E-state index in [9.17, 15) is 0 Å². The maximum atomic E-state index is 6.25. The van der Waals surface area contributed by atoms with Crippen molar-refractivity contribution in [3.63, 3.8) is 0 Å². The molecule has 1 aromatic rings. The predicted octanol–water partition coefficient (Wildman–Crippen LogP) is 1.92. The first-order valence-electron chi connectivity index (χ1n) is 8.20. The fourth-order valence-corrected chi connectivity index (χ4v) is 3.82. The molecule has 0 amide bonds. The van der Waals surface area contributed by atoms with E-state index >= 15 is 0 Å². The van der Waals surface area contributed by atoms with E-state index in [0.717, 1.165) is 31.3 Å². The summed E-state index contributed by atoms with van der Waals surface area (Å²) in [4.78, 5) is 11.0. The third-order valence-electron chi connectivity index (χ3n) is 4.96. The minimum absolute atomic E-state index is 0.0764. The van der Waals surface area contributed by atoms with Gasteiger partial charge in [0.1, 0.15) is 5.82 Å². The van der Waals surface area contributed by atoms with Crippen LogP contribution in [0.4, 0.5) is 5.82 Å². The summed E-state index contributed by atoms with van der Waals surface area (Å²) in [7, 11) is 0. The Labute approximate surface area is 126 Å². The summed E-state index contributed by atoms with van der Waals surface area (Å²) in [6.45, 7) is 4.44. The van der Waals surface area contributed by atoms with Gasteiger partial charge in [-0.05, 0) is 38.1 Å². The number of hydrogen-bond donors (Lipinski definition) is 1. The zero-order valence-electron chi connectivity index (χ0n) is 12.5. The average Bonchev–Trinajstić information content (AvgIpc) is 3.23. The van der Waals surface area contributed by atoms with Crippen LogP contribution in [-0.2, 0) is 4.74 Å². The molecule has 114 valence electrons. The molecule has 3 aliphatic rings. The molecule has 3 fully saturated rings. The molecule has 3 heterocycles. The van der Waals surface area contributed by atoms with Crippen molar-refractivity contribution in [2.45, 2.75) is 43.7 Å². The van der Waals surface area contributed by atoms with Gasteiger partial charge in [0.25, 0.3) is 0 Å². The van der Waals surface area contributed by atoms with Crippen molar-refractivity contribution in [3.05, 3.63) is 18.6 Å². The van der Waals surface area contributed by atoms with Crippen LogP contribution >= 0.6 is 0 Å². The number of nitrogens with one attached hydrogen (secondary N) is 1. The number of hydrogen-bond acceptors (Lipinski definition) is 5. The Morgan fingerprint density at radius 2 is 2.33 bits per heavy atom. The molecule has 1 spiro atoms. The predicted molar refractivity (Wildman–Crippen MR) is 81.1 cm³/mol. The Balaban J connectivity index is 1.35. The van der Waals surface area contributed by atoms with Crippen molar-refractivity contribution in [1.82, 2.24) is 14.9 Å². The minimum Gasteiger partial charge on any atom is -0.371 e. The highest BCUT2D eigenvalue weighted by Gasteiger charge is 2.44. The molecule has 0 bridgehead atoms. The largest absolute Gasteiger partial charge is 0.371 e. The third kappa shape index (κ3) is 3.19. The van der Waals surface area contributed by atoms with Crippen LogP contribution in [0, 0.1) is 5.92 Å². The second-order valence-electron chi connectivity index (χ2n) is 6.91. The fraction of sp³-hybridized carbons (Fsp3) is 0.750. The molecule has 1 aliphatic carbocycles. The summed E-state index contributed by atoms with van der Waals surface area (Å²) in [6.07, 6.45) is 11.6. The van der Waals surface area contributed by atoms with Gasteiger partial charge in [-0.1, -0.05) is 0 Å². The van der Waals surface area contributed by atoms with E-state index in [-0.39, 0.29) is 5.60 Å². The Hall–Kier alpha value is -1.20. The van der Waals surface area contributed by atoms with E-state index in [4.69, 9.17) is 4.74 Å². The number of likely N-dealkylation sites (tertiary alicyclic amines) is 1. The molecular formula is C16H24N4O. The van der Waals surface area contributed by atoms with Crippen LogP contribution in [0.3, 0.4) is 0 Å². The van der Waals surface area contributed by atoms with Crippen molar-refractivity contribution < 1.29 is 4.74 Å². The number of ether oxygens (including phenoxy) is 1. The third-order valence-corrected chi connectivity index (χ3v) is 4.96. The summed E-state index contributed by atoms with van der Waals surface area (Å²) in [5.41, 5.74) is 0.0764. The highest BCUT2D eigenvalue weighted by Crippen LogP contribution is 2.37. The molecular weight excluding hydrogens is 264 g/mol. The van der Waals surface area contributed by atoms with Gasteiger partial charge in [-0.2, -0.15) is 0 Å². The second kappa shape index (κ2) is 5.54. The standard InChI is InChI=1S/C16H24N4O/c1-4-16(12-20(7-1)10-13-2-3-13)8-14(11-21-16)19-15-9-17-5-6-18-15/h5-6,9,13-14H,1-4,7-8,10-12H2,(H,18,19)/t14-,16-/m0/s1.